The minimum atomic E-state index is 0.608. The fourth-order valence-electron chi connectivity index (χ4n) is 1.79. The zero-order chi connectivity index (χ0) is 14.4. The Morgan fingerprint density at radius 3 is 2.60 bits per heavy atom. The molecule has 2 N–H and O–H groups in total. The predicted molar refractivity (Wildman–Crippen MR) is 79.0 cm³/mol. The summed E-state index contributed by atoms with van der Waals surface area (Å²) < 4.78 is 5.10. The van der Waals surface area contributed by atoms with Gasteiger partial charge in [0.2, 0.25) is 5.88 Å². The van der Waals surface area contributed by atoms with Crippen molar-refractivity contribution in [2.75, 3.05) is 24.3 Å². The van der Waals surface area contributed by atoms with Gasteiger partial charge in [0.15, 0.2) is 0 Å². The van der Waals surface area contributed by atoms with Gasteiger partial charge in [-0.05, 0) is 25.5 Å². The number of hydrogen-bond donors (Lipinski definition) is 2. The molecule has 20 heavy (non-hydrogen) atoms. The van der Waals surface area contributed by atoms with E-state index in [9.17, 15) is 0 Å². The summed E-state index contributed by atoms with van der Waals surface area (Å²) in [6, 6.07) is 5.73. The van der Waals surface area contributed by atoms with Gasteiger partial charge in [0, 0.05) is 31.4 Å². The maximum Gasteiger partial charge on any atom is 0.213 e. The third kappa shape index (κ3) is 3.81. The molecule has 6 nitrogen and oxygen atoms in total. The minimum absolute atomic E-state index is 0.608. The molecule has 0 saturated heterocycles. The molecule has 2 heterocycles. The summed E-state index contributed by atoms with van der Waals surface area (Å²) in [6.45, 7) is 5.40. The zero-order valence-electron chi connectivity index (χ0n) is 12.0. The van der Waals surface area contributed by atoms with E-state index in [0.717, 1.165) is 29.6 Å². The first kappa shape index (κ1) is 14.0. The van der Waals surface area contributed by atoms with Crippen molar-refractivity contribution in [2.24, 2.45) is 0 Å². The fraction of sp³-hybridized carbons (Fsp3) is 0.357. The van der Waals surface area contributed by atoms with Gasteiger partial charge in [-0.3, -0.25) is 0 Å². The van der Waals surface area contributed by atoms with E-state index in [1.165, 1.54) is 0 Å². The lowest BCUT2D eigenvalue weighted by molar-refractivity contribution is 0.397. The lowest BCUT2D eigenvalue weighted by atomic mass is 10.2. The monoisotopic (exact) mass is 273 g/mol. The summed E-state index contributed by atoms with van der Waals surface area (Å²) in [7, 11) is 1.61. The summed E-state index contributed by atoms with van der Waals surface area (Å²) in [6.07, 6.45) is 1.73. The number of hydrogen-bond acceptors (Lipinski definition) is 6. The number of ether oxygens (including phenoxy) is 1. The van der Waals surface area contributed by atoms with Crippen LogP contribution in [-0.2, 0) is 6.54 Å². The molecule has 0 aromatic carbocycles. The van der Waals surface area contributed by atoms with E-state index in [4.69, 9.17) is 4.74 Å². The second-order valence-corrected chi connectivity index (χ2v) is 4.28. The van der Waals surface area contributed by atoms with Crippen molar-refractivity contribution in [3.63, 3.8) is 0 Å². The number of nitrogens with zero attached hydrogens (tertiary/aromatic N) is 3. The molecule has 2 rings (SSSR count). The van der Waals surface area contributed by atoms with Crippen LogP contribution in [0, 0.1) is 6.92 Å². The molecule has 0 aliphatic carbocycles. The van der Waals surface area contributed by atoms with Gasteiger partial charge in [-0.25, -0.2) is 15.0 Å². The van der Waals surface area contributed by atoms with Crippen molar-refractivity contribution >= 4 is 11.6 Å². The summed E-state index contributed by atoms with van der Waals surface area (Å²) >= 11 is 0. The maximum absolute atomic E-state index is 5.10. The standard InChI is InChI=1S/C14H19N5O/c1-4-15-12-8-13(19-10(2)18-12)17-9-11-5-6-16-14(7-11)20-3/h5-8H,4,9H2,1-3H3,(H2,15,17,18,19). The smallest absolute Gasteiger partial charge is 0.213 e. The van der Waals surface area contributed by atoms with Crippen LogP contribution in [0.1, 0.15) is 18.3 Å². The molecule has 0 aliphatic heterocycles. The van der Waals surface area contributed by atoms with Crippen molar-refractivity contribution in [3.8, 4) is 5.88 Å². The molecule has 106 valence electrons. The highest BCUT2D eigenvalue weighted by atomic mass is 16.5. The maximum atomic E-state index is 5.10. The average Bonchev–Trinajstić information content (AvgIpc) is 2.45. The lowest BCUT2D eigenvalue weighted by Crippen LogP contribution is -2.06. The molecule has 0 fully saturated rings. The second kappa shape index (κ2) is 6.70. The van der Waals surface area contributed by atoms with Crippen LogP contribution >= 0.6 is 0 Å². The van der Waals surface area contributed by atoms with Gasteiger partial charge in [0.05, 0.1) is 7.11 Å². The fourth-order valence-corrected chi connectivity index (χ4v) is 1.79. The van der Waals surface area contributed by atoms with Crippen molar-refractivity contribution in [1.82, 2.24) is 15.0 Å². The highest BCUT2D eigenvalue weighted by Gasteiger charge is 2.02. The Kier molecular flexibility index (Phi) is 4.70. The summed E-state index contributed by atoms with van der Waals surface area (Å²) in [4.78, 5) is 12.8. The molecule has 0 unspecified atom stereocenters. The summed E-state index contributed by atoms with van der Waals surface area (Å²) in [5.41, 5.74) is 1.08. The summed E-state index contributed by atoms with van der Waals surface area (Å²) in [5.74, 6) is 2.97. The van der Waals surface area contributed by atoms with Crippen molar-refractivity contribution in [3.05, 3.63) is 35.8 Å². The van der Waals surface area contributed by atoms with E-state index in [2.05, 4.69) is 25.6 Å². The number of rotatable bonds is 6. The molecule has 0 saturated carbocycles. The Balaban J connectivity index is 2.06. The normalized spacial score (nSPS) is 10.2. The molecule has 6 heteroatoms. The quantitative estimate of drug-likeness (QED) is 0.841. The lowest BCUT2D eigenvalue weighted by Gasteiger charge is -2.09. The van der Waals surface area contributed by atoms with Crippen LogP contribution in [0.3, 0.4) is 0 Å². The highest BCUT2D eigenvalue weighted by Crippen LogP contribution is 2.14. The van der Waals surface area contributed by atoms with E-state index in [-0.39, 0.29) is 0 Å². The van der Waals surface area contributed by atoms with E-state index in [1.807, 2.05) is 32.0 Å². The Labute approximate surface area is 118 Å². The Hall–Kier alpha value is -2.37. The van der Waals surface area contributed by atoms with Crippen LogP contribution < -0.4 is 15.4 Å². The van der Waals surface area contributed by atoms with E-state index in [0.29, 0.717) is 12.4 Å². The molecule has 0 atom stereocenters. The van der Waals surface area contributed by atoms with Gasteiger partial charge < -0.3 is 15.4 Å². The Morgan fingerprint density at radius 2 is 1.90 bits per heavy atom. The topological polar surface area (TPSA) is 72.0 Å². The minimum Gasteiger partial charge on any atom is -0.481 e. The number of nitrogens with one attached hydrogen (secondary N) is 2. The number of methoxy groups -OCH3 is 1. The largest absolute Gasteiger partial charge is 0.481 e. The molecular formula is C14H19N5O. The third-order valence-electron chi connectivity index (χ3n) is 2.68. The molecule has 0 amide bonds. The molecular weight excluding hydrogens is 254 g/mol. The Morgan fingerprint density at radius 1 is 1.15 bits per heavy atom. The van der Waals surface area contributed by atoms with Crippen LogP contribution in [0.5, 0.6) is 5.88 Å². The number of aryl methyl sites for hydroxylation is 1. The van der Waals surface area contributed by atoms with E-state index in [1.54, 1.807) is 13.3 Å². The van der Waals surface area contributed by atoms with Crippen LogP contribution in [0.2, 0.25) is 0 Å². The average molecular weight is 273 g/mol. The number of pyridine rings is 1. The zero-order valence-corrected chi connectivity index (χ0v) is 12.0. The van der Waals surface area contributed by atoms with Gasteiger partial charge in [0.25, 0.3) is 0 Å². The first-order valence-electron chi connectivity index (χ1n) is 6.53. The SMILES string of the molecule is CCNc1cc(NCc2ccnc(OC)c2)nc(C)n1. The van der Waals surface area contributed by atoms with E-state index >= 15 is 0 Å². The van der Waals surface area contributed by atoms with Gasteiger partial charge in [-0.15, -0.1) is 0 Å². The van der Waals surface area contributed by atoms with Crippen LogP contribution in [0.25, 0.3) is 0 Å². The van der Waals surface area contributed by atoms with Crippen LogP contribution in [-0.4, -0.2) is 28.6 Å². The predicted octanol–water partition coefficient (Wildman–Crippen LogP) is 2.23. The second-order valence-electron chi connectivity index (χ2n) is 4.28. The van der Waals surface area contributed by atoms with Crippen LogP contribution in [0.4, 0.5) is 11.6 Å². The molecule has 0 spiro atoms. The van der Waals surface area contributed by atoms with Gasteiger partial charge in [-0.2, -0.15) is 0 Å². The molecule has 0 bridgehead atoms. The Bertz CT molecular complexity index is 573. The third-order valence-corrected chi connectivity index (χ3v) is 2.68. The van der Waals surface area contributed by atoms with Gasteiger partial charge in [-0.1, -0.05) is 0 Å². The van der Waals surface area contributed by atoms with Gasteiger partial charge >= 0.3 is 0 Å². The van der Waals surface area contributed by atoms with Gasteiger partial charge in [0.1, 0.15) is 17.5 Å². The highest BCUT2D eigenvalue weighted by molar-refractivity contribution is 5.47. The van der Waals surface area contributed by atoms with Crippen molar-refractivity contribution in [1.29, 1.82) is 0 Å². The van der Waals surface area contributed by atoms with E-state index < -0.39 is 0 Å². The molecule has 0 aliphatic rings. The van der Waals surface area contributed by atoms with Crippen LogP contribution in [0.15, 0.2) is 24.4 Å². The number of aromatic nitrogens is 3. The molecule has 2 aromatic rings. The first-order valence-corrected chi connectivity index (χ1v) is 6.53. The number of anilines is 2. The van der Waals surface area contributed by atoms with Crippen molar-refractivity contribution < 1.29 is 4.74 Å². The van der Waals surface area contributed by atoms with Crippen molar-refractivity contribution in [2.45, 2.75) is 20.4 Å². The molecule has 2 aromatic heterocycles. The first-order chi connectivity index (χ1) is 9.71. The molecule has 0 radical (unpaired) electrons. The summed E-state index contributed by atoms with van der Waals surface area (Å²) in [5, 5.41) is 6.46.